The van der Waals surface area contributed by atoms with Gasteiger partial charge in [0.2, 0.25) is 10.0 Å². The molecule has 0 aromatic heterocycles. The molecule has 31 heavy (non-hydrogen) atoms. The highest BCUT2D eigenvalue weighted by molar-refractivity contribution is 7.89. The van der Waals surface area contributed by atoms with Gasteiger partial charge < -0.3 is 10.2 Å². The van der Waals surface area contributed by atoms with Crippen LogP contribution >= 0.6 is 0 Å². The maximum Gasteiger partial charge on any atom is 0.416 e. The lowest BCUT2D eigenvalue weighted by Crippen LogP contribution is -2.42. The number of oxime groups is 1. The van der Waals surface area contributed by atoms with Crippen LogP contribution in [0.4, 0.5) is 13.2 Å². The molecule has 1 aliphatic heterocycles. The van der Waals surface area contributed by atoms with Crippen LogP contribution in [0.25, 0.3) is 0 Å². The van der Waals surface area contributed by atoms with Crippen LogP contribution in [0.5, 0.6) is 0 Å². The van der Waals surface area contributed by atoms with E-state index in [0.717, 1.165) is 22.5 Å². The van der Waals surface area contributed by atoms with Gasteiger partial charge in [-0.25, -0.2) is 8.42 Å². The quantitative estimate of drug-likeness (QED) is 0.655. The van der Waals surface area contributed by atoms with Crippen LogP contribution in [0.2, 0.25) is 0 Å². The predicted octanol–water partition coefficient (Wildman–Crippen LogP) is 3.41. The van der Waals surface area contributed by atoms with Gasteiger partial charge >= 0.3 is 6.18 Å². The number of halogens is 3. The van der Waals surface area contributed by atoms with Crippen molar-refractivity contribution in [1.29, 1.82) is 0 Å². The molecule has 1 amide bonds. The number of benzene rings is 1. The first kappa shape index (κ1) is 25.1. The number of alkyl halides is 3. The lowest BCUT2D eigenvalue weighted by Gasteiger charge is -2.28. The number of hydrogen-bond donors (Lipinski definition) is 1. The second kappa shape index (κ2) is 9.56. The summed E-state index contributed by atoms with van der Waals surface area (Å²) in [5.41, 5.74) is -0.521. The minimum atomic E-state index is -4.62. The third-order valence-corrected chi connectivity index (χ3v) is 7.06. The zero-order valence-electron chi connectivity index (χ0n) is 18.0. The van der Waals surface area contributed by atoms with Gasteiger partial charge in [0.05, 0.1) is 16.2 Å². The van der Waals surface area contributed by atoms with Crippen molar-refractivity contribution in [1.82, 2.24) is 9.62 Å². The van der Waals surface area contributed by atoms with Gasteiger partial charge in [-0.3, -0.25) is 4.79 Å². The van der Waals surface area contributed by atoms with Gasteiger partial charge in [0.25, 0.3) is 5.91 Å². The fourth-order valence-corrected chi connectivity index (χ4v) is 4.23. The number of nitrogens with one attached hydrogen (secondary N) is 1. The summed E-state index contributed by atoms with van der Waals surface area (Å²) in [5.74, 6) is -0.309. The minimum Gasteiger partial charge on any atom is -0.386 e. The van der Waals surface area contributed by atoms with Crippen molar-refractivity contribution in [3.05, 3.63) is 29.8 Å². The number of carbonyl (C=O) groups is 1. The Hall–Kier alpha value is -2.14. The van der Waals surface area contributed by atoms with Crippen LogP contribution in [-0.4, -0.2) is 50.1 Å². The number of piperidine rings is 1. The molecule has 1 saturated heterocycles. The maximum atomic E-state index is 12.9. The van der Waals surface area contributed by atoms with Gasteiger partial charge in [-0.1, -0.05) is 32.0 Å². The summed E-state index contributed by atoms with van der Waals surface area (Å²) >= 11 is 0. The largest absolute Gasteiger partial charge is 0.416 e. The average molecular weight is 464 g/mol. The van der Waals surface area contributed by atoms with Crippen LogP contribution in [0.1, 0.15) is 46.1 Å². The highest BCUT2D eigenvalue weighted by Gasteiger charge is 2.34. The molecule has 0 radical (unpaired) electrons. The van der Waals surface area contributed by atoms with E-state index >= 15 is 0 Å². The Morgan fingerprint density at radius 2 is 1.84 bits per heavy atom. The normalized spacial score (nSPS) is 17.2. The van der Waals surface area contributed by atoms with Crippen LogP contribution in [-0.2, 0) is 25.8 Å². The Morgan fingerprint density at radius 3 is 2.39 bits per heavy atom. The topological polar surface area (TPSA) is 88.1 Å². The Morgan fingerprint density at radius 1 is 1.23 bits per heavy atom. The smallest absolute Gasteiger partial charge is 0.386 e. The number of nitrogens with zero attached hydrogens (tertiary/aromatic N) is 2. The first-order valence-electron chi connectivity index (χ1n) is 9.86. The van der Waals surface area contributed by atoms with E-state index in [1.54, 1.807) is 0 Å². The predicted molar refractivity (Wildman–Crippen MR) is 110 cm³/mol. The third-order valence-electron chi connectivity index (χ3n) is 5.16. The van der Waals surface area contributed by atoms with E-state index in [1.165, 1.54) is 0 Å². The summed E-state index contributed by atoms with van der Waals surface area (Å²) in [6.07, 6.45) is -4.10. The molecular weight excluding hydrogens is 435 g/mol. The zero-order chi connectivity index (χ0) is 23.4. The second-order valence-electron chi connectivity index (χ2n) is 8.52. The molecule has 1 N–H and O–H groups in total. The lowest BCUT2D eigenvalue weighted by molar-refractivity contribution is -0.137. The molecule has 1 aliphatic rings. The molecule has 1 fully saturated rings. The van der Waals surface area contributed by atoms with E-state index in [-0.39, 0.29) is 49.9 Å². The highest BCUT2D eigenvalue weighted by Crippen LogP contribution is 2.31. The number of sulfonamides is 1. The SMILES string of the molecule is CC(NC(=O)CON=C1CCN(S(=O)(=O)c2cccc(C(F)(F)F)c2)CC1)C(C)(C)C. The van der Waals surface area contributed by atoms with Crippen molar-refractivity contribution in [2.45, 2.75) is 57.7 Å². The number of carbonyl (C=O) groups excluding carboxylic acids is 1. The molecule has 0 aliphatic carbocycles. The first-order chi connectivity index (χ1) is 14.2. The zero-order valence-corrected chi connectivity index (χ0v) is 18.8. The molecule has 1 atom stereocenters. The molecule has 1 aromatic rings. The van der Waals surface area contributed by atoms with Crippen LogP contribution in [0.3, 0.4) is 0 Å². The van der Waals surface area contributed by atoms with Crippen molar-refractivity contribution in [2.24, 2.45) is 10.6 Å². The van der Waals surface area contributed by atoms with Gasteiger partial charge in [-0.15, -0.1) is 0 Å². The maximum absolute atomic E-state index is 12.9. The Bertz CT molecular complexity index is 914. The molecule has 0 spiro atoms. The summed E-state index contributed by atoms with van der Waals surface area (Å²) in [7, 11) is -4.06. The van der Waals surface area contributed by atoms with Crippen molar-refractivity contribution in [3.8, 4) is 0 Å². The highest BCUT2D eigenvalue weighted by atomic mass is 32.2. The molecule has 1 heterocycles. The van der Waals surface area contributed by atoms with Crippen molar-refractivity contribution >= 4 is 21.6 Å². The van der Waals surface area contributed by atoms with E-state index in [4.69, 9.17) is 4.84 Å². The molecule has 174 valence electrons. The summed E-state index contributed by atoms with van der Waals surface area (Å²) in [4.78, 5) is 16.6. The number of hydrogen-bond acceptors (Lipinski definition) is 5. The molecule has 0 saturated carbocycles. The summed E-state index contributed by atoms with van der Waals surface area (Å²) in [6.45, 7) is 7.77. The van der Waals surface area contributed by atoms with Gasteiger partial charge in [-0.05, 0) is 30.5 Å². The van der Waals surface area contributed by atoms with E-state index in [9.17, 15) is 26.4 Å². The fourth-order valence-electron chi connectivity index (χ4n) is 2.74. The van der Waals surface area contributed by atoms with E-state index in [2.05, 4.69) is 10.5 Å². The summed E-state index contributed by atoms with van der Waals surface area (Å²) in [6, 6.07) is 3.63. The van der Waals surface area contributed by atoms with Crippen LogP contribution in [0, 0.1) is 5.41 Å². The van der Waals surface area contributed by atoms with E-state index in [1.807, 2.05) is 27.7 Å². The molecule has 1 aromatic carbocycles. The van der Waals surface area contributed by atoms with Gasteiger partial charge in [-0.2, -0.15) is 17.5 Å². The molecule has 1 unspecified atom stereocenters. The number of rotatable bonds is 6. The molecule has 11 heteroatoms. The Kier molecular flexibility index (Phi) is 7.75. The fraction of sp³-hybridized carbons (Fsp3) is 0.600. The second-order valence-corrected chi connectivity index (χ2v) is 10.5. The van der Waals surface area contributed by atoms with Gasteiger partial charge in [0.1, 0.15) is 0 Å². The monoisotopic (exact) mass is 463 g/mol. The molecule has 2 rings (SSSR count). The van der Waals surface area contributed by atoms with Crippen molar-refractivity contribution in [3.63, 3.8) is 0 Å². The minimum absolute atomic E-state index is 0.0550. The third kappa shape index (κ3) is 6.93. The van der Waals surface area contributed by atoms with Gasteiger partial charge in [0.15, 0.2) is 6.61 Å². The van der Waals surface area contributed by atoms with Crippen LogP contribution < -0.4 is 5.32 Å². The van der Waals surface area contributed by atoms with Gasteiger partial charge in [0, 0.05) is 32.0 Å². The van der Waals surface area contributed by atoms with Crippen molar-refractivity contribution in [2.75, 3.05) is 19.7 Å². The van der Waals surface area contributed by atoms with E-state index in [0.29, 0.717) is 11.8 Å². The average Bonchev–Trinajstić information content (AvgIpc) is 2.67. The molecular formula is C20H28F3N3O4S. The van der Waals surface area contributed by atoms with E-state index < -0.39 is 26.7 Å². The lowest BCUT2D eigenvalue weighted by atomic mass is 9.88. The number of amides is 1. The molecule has 7 nitrogen and oxygen atoms in total. The van der Waals surface area contributed by atoms with Crippen molar-refractivity contribution < 1.29 is 31.2 Å². The summed E-state index contributed by atoms with van der Waals surface area (Å²) in [5, 5.41) is 6.73. The first-order valence-corrected chi connectivity index (χ1v) is 11.3. The Balaban J connectivity index is 1.91. The standard InChI is InChI=1S/C20H28F3N3O4S/c1-14(19(2,3)4)24-18(27)13-30-25-16-8-10-26(11-9-16)31(28,29)17-7-5-6-15(12-17)20(21,22)23/h5-7,12,14H,8-11,13H2,1-4H3,(H,24,27). The molecule has 0 bridgehead atoms. The van der Waals surface area contributed by atoms with Crippen LogP contribution in [0.15, 0.2) is 34.3 Å². The Labute approximate surface area is 180 Å². The summed E-state index contributed by atoms with van der Waals surface area (Å²) < 4.78 is 65.2.